The number of nitriles is 1. The first kappa shape index (κ1) is 11.9. The second-order valence-corrected chi connectivity index (χ2v) is 3.67. The Morgan fingerprint density at radius 1 is 1.33 bits per heavy atom. The molecule has 0 N–H and O–H groups in total. The largest absolute Gasteiger partial charge is 0.491 e. The third-order valence-corrected chi connectivity index (χ3v) is 2.51. The number of hydrogen-bond acceptors (Lipinski definition) is 4. The summed E-state index contributed by atoms with van der Waals surface area (Å²) in [7, 11) is 1.45. The smallest absolute Gasteiger partial charge is 0.309 e. The number of benzene rings is 1. The van der Waals surface area contributed by atoms with Gasteiger partial charge in [0.2, 0.25) is 0 Å². The molecule has 0 radical (unpaired) electrons. The number of aromatic nitrogens is 2. The zero-order valence-electron chi connectivity index (χ0n) is 9.83. The highest BCUT2D eigenvalue weighted by molar-refractivity contribution is 5.31. The van der Waals surface area contributed by atoms with Crippen LogP contribution in [-0.2, 0) is 6.54 Å². The summed E-state index contributed by atoms with van der Waals surface area (Å²) in [5.74, 6) is 0.263. The monoisotopic (exact) mass is 241 g/mol. The molecule has 1 heterocycles. The van der Waals surface area contributed by atoms with Gasteiger partial charge < -0.3 is 4.74 Å². The molecular formula is C13H11N3O2. The van der Waals surface area contributed by atoms with Gasteiger partial charge in [0.15, 0.2) is 5.75 Å². The van der Waals surface area contributed by atoms with Crippen LogP contribution >= 0.6 is 0 Å². The lowest BCUT2D eigenvalue weighted by molar-refractivity contribution is 0.398. The maximum atomic E-state index is 11.9. The number of ether oxygens (including phenoxy) is 1. The van der Waals surface area contributed by atoms with Crippen LogP contribution in [0.2, 0.25) is 0 Å². The van der Waals surface area contributed by atoms with Gasteiger partial charge in [0.05, 0.1) is 31.5 Å². The molecule has 2 rings (SSSR count). The summed E-state index contributed by atoms with van der Waals surface area (Å²) in [5, 5.41) is 12.7. The Labute approximate surface area is 104 Å². The first-order valence-corrected chi connectivity index (χ1v) is 5.34. The van der Waals surface area contributed by atoms with Crippen LogP contribution in [0.5, 0.6) is 5.75 Å². The highest BCUT2D eigenvalue weighted by Gasteiger charge is 2.04. The molecule has 1 aromatic heterocycles. The van der Waals surface area contributed by atoms with Crippen LogP contribution in [0.3, 0.4) is 0 Å². The van der Waals surface area contributed by atoms with Crippen LogP contribution in [0, 0.1) is 11.3 Å². The van der Waals surface area contributed by atoms with E-state index < -0.39 is 0 Å². The molecule has 90 valence electrons. The zero-order chi connectivity index (χ0) is 13.0. The minimum atomic E-state index is -0.274. The van der Waals surface area contributed by atoms with Gasteiger partial charge in [0.1, 0.15) is 0 Å². The minimum Gasteiger partial charge on any atom is -0.491 e. The Kier molecular flexibility index (Phi) is 3.39. The maximum absolute atomic E-state index is 11.9. The van der Waals surface area contributed by atoms with Crippen LogP contribution in [0.15, 0.2) is 41.3 Å². The van der Waals surface area contributed by atoms with Gasteiger partial charge >= 0.3 is 5.56 Å². The van der Waals surface area contributed by atoms with E-state index in [2.05, 4.69) is 5.10 Å². The predicted molar refractivity (Wildman–Crippen MR) is 65.3 cm³/mol. The number of methoxy groups -OCH3 is 1. The van der Waals surface area contributed by atoms with Gasteiger partial charge in [-0.05, 0) is 17.7 Å². The highest BCUT2D eigenvalue weighted by atomic mass is 16.5. The van der Waals surface area contributed by atoms with Gasteiger partial charge in [-0.15, -0.1) is 0 Å². The van der Waals surface area contributed by atoms with E-state index in [0.717, 1.165) is 5.56 Å². The molecule has 0 aliphatic heterocycles. The molecule has 5 nitrogen and oxygen atoms in total. The quantitative estimate of drug-likeness (QED) is 0.809. The summed E-state index contributed by atoms with van der Waals surface area (Å²) in [6.45, 7) is 0.349. The molecule has 0 atom stereocenters. The number of hydrogen-bond donors (Lipinski definition) is 0. The number of rotatable bonds is 3. The average molecular weight is 241 g/mol. The van der Waals surface area contributed by atoms with Crippen molar-refractivity contribution in [1.82, 2.24) is 9.78 Å². The molecule has 0 saturated heterocycles. The third-order valence-electron chi connectivity index (χ3n) is 2.51. The fraction of sp³-hybridized carbons (Fsp3) is 0.154. The molecule has 0 spiro atoms. The van der Waals surface area contributed by atoms with E-state index >= 15 is 0 Å². The van der Waals surface area contributed by atoms with Crippen molar-refractivity contribution in [2.45, 2.75) is 6.54 Å². The van der Waals surface area contributed by atoms with Gasteiger partial charge in [-0.2, -0.15) is 10.4 Å². The molecule has 5 heteroatoms. The summed E-state index contributed by atoms with van der Waals surface area (Å²) < 4.78 is 6.26. The molecule has 18 heavy (non-hydrogen) atoms. The standard InChI is InChI=1S/C13H11N3O2/c1-18-12-6-7-15-16(13(12)17)9-11-4-2-10(8-14)3-5-11/h2-7H,9H2,1H3. The van der Waals surface area contributed by atoms with E-state index in [1.807, 2.05) is 6.07 Å². The highest BCUT2D eigenvalue weighted by Crippen LogP contribution is 2.05. The minimum absolute atomic E-state index is 0.263. The van der Waals surface area contributed by atoms with Crippen molar-refractivity contribution in [3.8, 4) is 11.8 Å². The van der Waals surface area contributed by atoms with Gasteiger partial charge in [0, 0.05) is 6.07 Å². The fourth-order valence-corrected chi connectivity index (χ4v) is 1.56. The molecule has 1 aromatic carbocycles. The molecule has 0 unspecified atom stereocenters. The molecule has 0 bridgehead atoms. The molecule has 0 aliphatic rings. The lowest BCUT2D eigenvalue weighted by Crippen LogP contribution is -2.23. The van der Waals surface area contributed by atoms with Crippen molar-refractivity contribution in [2.75, 3.05) is 7.11 Å². The van der Waals surface area contributed by atoms with Crippen molar-refractivity contribution >= 4 is 0 Å². The molecule has 0 aliphatic carbocycles. The fourth-order valence-electron chi connectivity index (χ4n) is 1.56. The Morgan fingerprint density at radius 3 is 2.67 bits per heavy atom. The topological polar surface area (TPSA) is 67.9 Å². The van der Waals surface area contributed by atoms with E-state index in [4.69, 9.17) is 10.00 Å². The third kappa shape index (κ3) is 2.38. The van der Waals surface area contributed by atoms with E-state index in [9.17, 15) is 4.79 Å². The SMILES string of the molecule is COc1ccnn(Cc2ccc(C#N)cc2)c1=O. The van der Waals surface area contributed by atoms with Crippen LogP contribution in [-0.4, -0.2) is 16.9 Å². The lowest BCUT2D eigenvalue weighted by Gasteiger charge is -2.06. The van der Waals surface area contributed by atoms with Gasteiger partial charge in [0.25, 0.3) is 0 Å². The van der Waals surface area contributed by atoms with Crippen LogP contribution < -0.4 is 10.3 Å². The second kappa shape index (κ2) is 5.15. The first-order chi connectivity index (χ1) is 8.74. The molecular weight excluding hydrogens is 230 g/mol. The van der Waals surface area contributed by atoms with E-state index in [1.54, 1.807) is 24.3 Å². The van der Waals surface area contributed by atoms with Crippen LogP contribution in [0.4, 0.5) is 0 Å². The first-order valence-electron chi connectivity index (χ1n) is 5.34. The van der Waals surface area contributed by atoms with Gasteiger partial charge in [-0.25, -0.2) is 4.68 Å². The normalized spacial score (nSPS) is 9.78. The van der Waals surface area contributed by atoms with E-state index in [-0.39, 0.29) is 11.3 Å². The Balaban J connectivity index is 2.29. The zero-order valence-corrected chi connectivity index (χ0v) is 9.83. The summed E-state index contributed by atoms with van der Waals surface area (Å²) in [4.78, 5) is 11.9. The van der Waals surface area contributed by atoms with Crippen molar-refractivity contribution in [3.63, 3.8) is 0 Å². The summed E-state index contributed by atoms with van der Waals surface area (Å²) in [5.41, 5.74) is 1.21. The van der Waals surface area contributed by atoms with Crippen LogP contribution in [0.25, 0.3) is 0 Å². The van der Waals surface area contributed by atoms with Crippen molar-refractivity contribution in [1.29, 1.82) is 5.26 Å². The summed E-state index contributed by atoms with van der Waals surface area (Å²) in [6, 6.07) is 10.6. The second-order valence-electron chi connectivity index (χ2n) is 3.67. The lowest BCUT2D eigenvalue weighted by atomic mass is 10.1. The van der Waals surface area contributed by atoms with Crippen molar-refractivity contribution < 1.29 is 4.74 Å². The Morgan fingerprint density at radius 2 is 2.06 bits per heavy atom. The molecule has 0 amide bonds. The summed E-state index contributed by atoms with van der Waals surface area (Å²) >= 11 is 0. The Hall–Kier alpha value is -2.61. The summed E-state index contributed by atoms with van der Waals surface area (Å²) in [6.07, 6.45) is 1.52. The van der Waals surface area contributed by atoms with Crippen molar-refractivity contribution in [3.05, 3.63) is 58.0 Å². The maximum Gasteiger partial charge on any atom is 0.309 e. The number of nitrogens with zero attached hydrogens (tertiary/aromatic N) is 3. The van der Waals surface area contributed by atoms with E-state index in [0.29, 0.717) is 12.1 Å². The molecule has 0 fully saturated rings. The van der Waals surface area contributed by atoms with Gasteiger partial charge in [-0.3, -0.25) is 4.79 Å². The molecule has 2 aromatic rings. The van der Waals surface area contributed by atoms with Crippen LogP contribution in [0.1, 0.15) is 11.1 Å². The van der Waals surface area contributed by atoms with Gasteiger partial charge in [-0.1, -0.05) is 12.1 Å². The predicted octanol–water partition coefficient (Wildman–Crippen LogP) is 1.17. The molecule has 0 saturated carbocycles. The van der Waals surface area contributed by atoms with E-state index in [1.165, 1.54) is 24.1 Å². The van der Waals surface area contributed by atoms with Crippen molar-refractivity contribution in [2.24, 2.45) is 0 Å². The Bertz CT molecular complexity index is 639. The average Bonchev–Trinajstić information content (AvgIpc) is 2.42.